The fourth-order valence-electron chi connectivity index (χ4n) is 2.10. The minimum Gasteiger partial charge on any atom is -0.504 e. The van der Waals surface area contributed by atoms with Crippen LogP contribution in [0.2, 0.25) is 0 Å². The van der Waals surface area contributed by atoms with Crippen molar-refractivity contribution < 1.29 is 10.2 Å². The molecule has 0 spiro atoms. The standard InChI is InChI=1S/C15H16O2/c1-9-7-8-10(2)14(11(9)3)12-5-4-6-13(16)15(12)17/h4-8,16-17H,1-3H3. The van der Waals surface area contributed by atoms with Crippen LogP contribution in [0, 0.1) is 20.8 Å². The molecule has 2 nitrogen and oxygen atoms in total. The molecule has 2 aromatic carbocycles. The third-order valence-corrected chi connectivity index (χ3v) is 3.23. The molecular weight excluding hydrogens is 212 g/mol. The molecule has 0 heterocycles. The summed E-state index contributed by atoms with van der Waals surface area (Å²) in [7, 11) is 0. The molecule has 0 radical (unpaired) electrons. The van der Waals surface area contributed by atoms with Crippen LogP contribution >= 0.6 is 0 Å². The lowest BCUT2D eigenvalue weighted by Crippen LogP contribution is -1.91. The smallest absolute Gasteiger partial charge is 0.165 e. The maximum absolute atomic E-state index is 9.94. The molecule has 0 unspecified atom stereocenters. The van der Waals surface area contributed by atoms with Gasteiger partial charge in [-0.2, -0.15) is 0 Å². The SMILES string of the molecule is Cc1ccc(C)c(-c2cccc(O)c2O)c1C. The van der Waals surface area contributed by atoms with E-state index in [0.29, 0.717) is 5.56 Å². The van der Waals surface area contributed by atoms with Crippen molar-refractivity contribution in [3.63, 3.8) is 0 Å². The normalized spacial score (nSPS) is 10.5. The molecule has 0 bridgehead atoms. The summed E-state index contributed by atoms with van der Waals surface area (Å²) in [6, 6.07) is 9.14. The number of aromatic hydroxyl groups is 2. The lowest BCUT2D eigenvalue weighted by molar-refractivity contribution is 0.405. The van der Waals surface area contributed by atoms with Crippen molar-refractivity contribution in [3.05, 3.63) is 47.0 Å². The summed E-state index contributed by atoms with van der Waals surface area (Å²) < 4.78 is 0. The molecule has 0 atom stereocenters. The van der Waals surface area contributed by atoms with Crippen molar-refractivity contribution >= 4 is 0 Å². The molecule has 2 aromatic rings. The number of para-hydroxylation sites is 1. The Bertz CT molecular complexity index is 571. The van der Waals surface area contributed by atoms with Gasteiger partial charge in [-0.05, 0) is 49.1 Å². The van der Waals surface area contributed by atoms with E-state index < -0.39 is 0 Å². The van der Waals surface area contributed by atoms with Gasteiger partial charge in [0.25, 0.3) is 0 Å². The summed E-state index contributed by atoms with van der Waals surface area (Å²) in [5.41, 5.74) is 5.08. The highest BCUT2D eigenvalue weighted by Gasteiger charge is 2.13. The van der Waals surface area contributed by atoms with Gasteiger partial charge in [0.15, 0.2) is 11.5 Å². The van der Waals surface area contributed by atoms with Gasteiger partial charge in [0.2, 0.25) is 0 Å². The van der Waals surface area contributed by atoms with Crippen LogP contribution < -0.4 is 0 Å². The number of phenols is 2. The van der Waals surface area contributed by atoms with Crippen molar-refractivity contribution in [3.8, 4) is 22.6 Å². The number of phenolic OH excluding ortho intramolecular Hbond substituents is 2. The maximum Gasteiger partial charge on any atom is 0.165 e. The molecule has 17 heavy (non-hydrogen) atoms. The second-order valence-electron chi connectivity index (χ2n) is 4.37. The second kappa shape index (κ2) is 4.13. The van der Waals surface area contributed by atoms with Crippen molar-refractivity contribution in [1.82, 2.24) is 0 Å². The van der Waals surface area contributed by atoms with Crippen LogP contribution in [0.1, 0.15) is 16.7 Å². The van der Waals surface area contributed by atoms with Gasteiger partial charge in [-0.25, -0.2) is 0 Å². The zero-order valence-corrected chi connectivity index (χ0v) is 10.3. The Labute approximate surface area is 101 Å². The molecule has 2 rings (SSSR count). The first kappa shape index (κ1) is 11.5. The second-order valence-corrected chi connectivity index (χ2v) is 4.37. The summed E-state index contributed by atoms with van der Waals surface area (Å²) in [4.78, 5) is 0. The zero-order chi connectivity index (χ0) is 12.6. The molecule has 0 fully saturated rings. The fourth-order valence-corrected chi connectivity index (χ4v) is 2.10. The van der Waals surface area contributed by atoms with Crippen molar-refractivity contribution in [2.75, 3.05) is 0 Å². The van der Waals surface area contributed by atoms with Gasteiger partial charge in [-0.3, -0.25) is 0 Å². The Morgan fingerprint density at radius 3 is 2.18 bits per heavy atom. The molecule has 0 aliphatic heterocycles. The summed E-state index contributed by atoms with van der Waals surface area (Å²) in [6.07, 6.45) is 0. The lowest BCUT2D eigenvalue weighted by Gasteiger charge is -2.14. The van der Waals surface area contributed by atoms with Gasteiger partial charge in [0, 0.05) is 5.56 Å². The number of hydrogen-bond acceptors (Lipinski definition) is 2. The van der Waals surface area contributed by atoms with Crippen LogP contribution in [0.3, 0.4) is 0 Å². The molecule has 0 aliphatic rings. The van der Waals surface area contributed by atoms with Crippen LogP contribution in [0.25, 0.3) is 11.1 Å². The Kier molecular flexibility index (Phi) is 2.80. The van der Waals surface area contributed by atoms with Gasteiger partial charge in [0.1, 0.15) is 0 Å². The van der Waals surface area contributed by atoms with E-state index in [-0.39, 0.29) is 11.5 Å². The molecular formula is C15H16O2. The van der Waals surface area contributed by atoms with Gasteiger partial charge < -0.3 is 10.2 Å². The molecule has 2 heteroatoms. The van der Waals surface area contributed by atoms with Gasteiger partial charge >= 0.3 is 0 Å². The van der Waals surface area contributed by atoms with Crippen molar-refractivity contribution in [1.29, 1.82) is 0 Å². The quantitative estimate of drug-likeness (QED) is 0.731. The minimum absolute atomic E-state index is 0.0516. The van der Waals surface area contributed by atoms with Crippen LogP contribution in [0.4, 0.5) is 0 Å². The van der Waals surface area contributed by atoms with E-state index in [1.165, 1.54) is 11.6 Å². The highest BCUT2D eigenvalue weighted by atomic mass is 16.3. The maximum atomic E-state index is 9.94. The summed E-state index contributed by atoms with van der Waals surface area (Å²) in [5.74, 6) is -0.132. The fraction of sp³-hybridized carbons (Fsp3) is 0.200. The Morgan fingerprint density at radius 2 is 1.47 bits per heavy atom. The van der Waals surface area contributed by atoms with E-state index in [1.807, 2.05) is 32.9 Å². The van der Waals surface area contributed by atoms with Crippen LogP contribution in [-0.4, -0.2) is 10.2 Å². The zero-order valence-electron chi connectivity index (χ0n) is 10.3. The summed E-state index contributed by atoms with van der Waals surface area (Å²) in [5, 5.41) is 19.5. The number of benzene rings is 2. The van der Waals surface area contributed by atoms with E-state index in [0.717, 1.165) is 16.7 Å². The third kappa shape index (κ3) is 1.86. The molecule has 2 N–H and O–H groups in total. The van der Waals surface area contributed by atoms with Gasteiger partial charge in [-0.15, -0.1) is 0 Å². The predicted molar refractivity (Wildman–Crippen MR) is 69.4 cm³/mol. The molecule has 0 amide bonds. The van der Waals surface area contributed by atoms with Gasteiger partial charge in [-0.1, -0.05) is 24.3 Å². The van der Waals surface area contributed by atoms with Crippen LogP contribution in [-0.2, 0) is 0 Å². The summed E-state index contributed by atoms with van der Waals surface area (Å²) in [6.45, 7) is 6.07. The van der Waals surface area contributed by atoms with E-state index in [9.17, 15) is 10.2 Å². The van der Waals surface area contributed by atoms with Crippen molar-refractivity contribution in [2.24, 2.45) is 0 Å². The Hall–Kier alpha value is -1.96. The first-order valence-corrected chi connectivity index (χ1v) is 5.60. The van der Waals surface area contributed by atoms with Crippen LogP contribution in [0.5, 0.6) is 11.5 Å². The lowest BCUT2D eigenvalue weighted by atomic mass is 9.92. The molecule has 88 valence electrons. The van der Waals surface area contributed by atoms with E-state index in [1.54, 1.807) is 6.07 Å². The monoisotopic (exact) mass is 228 g/mol. The van der Waals surface area contributed by atoms with E-state index in [2.05, 4.69) is 6.07 Å². The first-order chi connectivity index (χ1) is 8.02. The molecule has 0 aliphatic carbocycles. The largest absolute Gasteiger partial charge is 0.504 e. The highest BCUT2D eigenvalue weighted by molar-refractivity contribution is 5.78. The predicted octanol–water partition coefficient (Wildman–Crippen LogP) is 3.69. The number of rotatable bonds is 1. The van der Waals surface area contributed by atoms with E-state index in [4.69, 9.17) is 0 Å². The number of aryl methyl sites for hydroxylation is 2. The minimum atomic E-state index is -0.0807. The Morgan fingerprint density at radius 1 is 0.824 bits per heavy atom. The average molecular weight is 228 g/mol. The highest BCUT2D eigenvalue weighted by Crippen LogP contribution is 2.39. The topological polar surface area (TPSA) is 40.5 Å². The van der Waals surface area contributed by atoms with Crippen LogP contribution in [0.15, 0.2) is 30.3 Å². The summed E-state index contributed by atoms with van der Waals surface area (Å²) >= 11 is 0. The van der Waals surface area contributed by atoms with E-state index >= 15 is 0 Å². The third-order valence-electron chi connectivity index (χ3n) is 3.23. The van der Waals surface area contributed by atoms with Crippen molar-refractivity contribution in [2.45, 2.75) is 20.8 Å². The molecule has 0 aromatic heterocycles. The number of hydrogen-bond donors (Lipinski definition) is 2. The average Bonchev–Trinajstić information content (AvgIpc) is 2.30. The first-order valence-electron chi connectivity index (χ1n) is 5.60. The van der Waals surface area contributed by atoms with Gasteiger partial charge in [0.05, 0.1) is 0 Å². The Balaban J connectivity index is 2.77. The molecule has 0 saturated carbocycles. The molecule has 0 saturated heterocycles.